The Labute approximate surface area is 497 Å². The fraction of sp³-hybridized carbons (Fsp3) is 0.471. The molecule has 1 saturated carbocycles. The minimum Gasteiger partial charge on any atom is -0.457 e. The summed E-state index contributed by atoms with van der Waals surface area (Å²) in [5.41, 5.74) is 15.8. The summed E-state index contributed by atoms with van der Waals surface area (Å²) in [6.07, 6.45) is 3.68. The topological polar surface area (TPSA) is 169 Å². The molecule has 14 heteroatoms. The fourth-order valence-corrected chi connectivity index (χ4v) is 11.1. The van der Waals surface area contributed by atoms with Crippen molar-refractivity contribution in [3.63, 3.8) is 0 Å². The molecule has 6 aromatic carbocycles. The van der Waals surface area contributed by atoms with Crippen LogP contribution in [0.15, 0.2) is 187 Å². The Kier molecular flexibility index (Phi) is 27.7. The molecular weight excluding hydrogens is 1060 g/mol. The molecule has 2 fully saturated rings. The van der Waals surface area contributed by atoms with Gasteiger partial charge in [-0.05, 0) is 45.3 Å². The van der Waals surface area contributed by atoms with Crippen LogP contribution in [0.2, 0.25) is 0 Å². The van der Waals surface area contributed by atoms with E-state index in [2.05, 4.69) is 16.9 Å². The van der Waals surface area contributed by atoms with E-state index in [1.165, 1.54) is 57.8 Å². The molecule has 84 heavy (non-hydrogen) atoms. The summed E-state index contributed by atoms with van der Waals surface area (Å²) in [7, 11) is 0. The Hall–Kier alpha value is -6.26. The second kappa shape index (κ2) is 36.6. The van der Waals surface area contributed by atoms with Gasteiger partial charge < -0.3 is 47.7 Å². The van der Waals surface area contributed by atoms with Crippen LogP contribution >= 0.6 is 0 Å². The van der Waals surface area contributed by atoms with Crippen molar-refractivity contribution >= 4 is 5.97 Å². The van der Waals surface area contributed by atoms with E-state index >= 15 is 0 Å². The molecule has 0 bridgehead atoms. The van der Waals surface area contributed by atoms with Crippen molar-refractivity contribution in [2.45, 2.75) is 204 Å². The first-order chi connectivity index (χ1) is 41.5. The third kappa shape index (κ3) is 20.8. The van der Waals surface area contributed by atoms with E-state index in [0.717, 1.165) is 52.6 Å². The first-order valence-corrected chi connectivity index (χ1v) is 30.6. The van der Waals surface area contributed by atoms with Gasteiger partial charge in [-0.1, -0.05) is 271 Å². The van der Waals surface area contributed by atoms with Gasteiger partial charge in [-0.3, -0.25) is 4.79 Å². The zero-order valence-electron chi connectivity index (χ0n) is 48.9. The van der Waals surface area contributed by atoms with E-state index in [9.17, 15) is 15.4 Å². The molecule has 0 spiro atoms. The van der Waals surface area contributed by atoms with Crippen molar-refractivity contribution in [2.75, 3.05) is 6.61 Å². The average molecular weight is 1150 g/mol. The van der Waals surface area contributed by atoms with Crippen LogP contribution in [-0.2, 0) is 87.1 Å². The number of unbranched alkanes of at least 4 members (excludes halogenated alkanes) is 12. The minimum atomic E-state index is -1.60. The van der Waals surface area contributed by atoms with Gasteiger partial charge in [-0.15, -0.1) is 0 Å². The molecule has 6 aromatic rings. The molecule has 448 valence electrons. The van der Waals surface area contributed by atoms with Crippen LogP contribution in [0.3, 0.4) is 0 Å². The van der Waals surface area contributed by atoms with E-state index in [0.29, 0.717) is 6.42 Å². The molecule has 1 N–H and O–H groups in total. The van der Waals surface area contributed by atoms with E-state index < -0.39 is 73.2 Å². The van der Waals surface area contributed by atoms with Gasteiger partial charge >= 0.3 is 5.97 Å². The summed E-state index contributed by atoms with van der Waals surface area (Å²) < 4.78 is 61.7. The molecule has 1 aliphatic heterocycles. The minimum absolute atomic E-state index is 0.0151. The first kappa shape index (κ1) is 63.8. The third-order valence-corrected chi connectivity index (χ3v) is 15.6. The van der Waals surface area contributed by atoms with Gasteiger partial charge in [-0.2, -0.15) is 0 Å². The van der Waals surface area contributed by atoms with Gasteiger partial charge in [0.05, 0.1) is 46.2 Å². The summed E-state index contributed by atoms with van der Waals surface area (Å²) in [5.74, 6) is -0.482. The second-order valence-electron chi connectivity index (χ2n) is 22.1. The Morgan fingerprint density at radius 1 is 0.452 bits per heavy atom. The molecule has 14 nitrogen and oxygen atoms in total. The van der Waals surface area contributed by atoms with Crippen molar-refractivity contribution in [2.24, 2.45) is 5.11 Å². The molecule has 0 aromatic heterocycles. The first-order valence-electron chi connectivity index (χ1n) is 30.6. The summed E-state index contributed by atoms with van der Waals surface area (Å²) in [6.45, 7) is 3.13. The number of rotatable bonds is 37. The standard InChI is InChI=1S/C70H87N3O11/c1-2-3-4-5-6-7-8-9-10-11-12-13-32-45-60(74)83-65-62(75)66(68(80-50-57-41-28-18-29-42-57)69(81-51-58-43-30-19-31-44-58)67(65)79-49-56-39-26-17-27-40-56)84-70-61(72-73-71)64(78-48-55-37-24-16-25-38-55)63(77-47-54-35-22-15-23-36-54)59(82-70)52-76-46-53-33-20-14-21-34-53/h14-31,33-44,59,61-70,75H,2-13,32,45-52H2,1H3/t59-,61-,62-,63-,64-,65+,66+,67+,68-,69-,70-/m1/s1. The highest BCUT2D eigenvalue weighted by Crippen LogP contribution is 2.38. The molecule has 0 radical (unpaired) electrons. The van der Waals surface area contributed by atoms with Crippen molar-refractivity contribution in [3.05, 3.63) is 226 Å². The van der Waals surface area contributed by atoms with Gasteiger partial charge in [0, 0.05) is 11.3 Å². The second-order valence-corrected chi connectivity index (χ2v) is 22.1. The third-order valence-electron chi connectivity index (χ3n) is 15.6. The number of azide groups is 1. The van der Waals surface area contributed by atoms with Crippen LogP contribution in [-0.4, -0.2) is 85.0 Å². The number of esters is 1. The largest absolute Gasteiger partial charge is 0.457 e. The maximum Gasteiger partial charge on any atom is 0.306 e. The number of hydrogen-bond donors (Lipinski definition) is 1. The molecule has 1 saturated heterocycles. The van der Waals surface area contributed by atoms with Crippen LogP contribution in [0.25, 0.3) is 10.4 Å². The lowest BCUT2D eigenvalue weighted by molar-refractivity contribution is -0.336. The molecule has 1 heterocycles. The summed E-state index contributed by atoms with van der Waals surface area (Å²) in [4.78, 5) is 17.7. The lowest BCUT2D eigenvalue weighted by atomic mass is 9.83. The monoisotopic (exact) mass is 1150 g/mol. The van der Waals surface area contributed by atoms with Gasteiger partial charge in [0.2, 0.25) is 0 Å². The van der Waals surface area contributed by atoms with Crippen LogP contribution in [0.1, 0.15) is 130 Å². The van der Waals surface area contributed by atoms with E-state index in [4.69, 9.17) is 42.6 Å². The number of nitrogens with zero attached hydrogens (tertiary/aromatic N) is 3. The number of ether oxygens (including phenoxy) is 9. The SMILES string of the molecule is CCCCCCCCCCCCCCCC(=O)O[C@H]1[C@@H](O)[C@H](O[C@H]2O[C@H](COCc3ccccc3)[C@@H](OCc3ccccc3)[C@H](OCc3ccccc3)[C@H]2N=[N+]=[N-])[C@@H](OCc2ccccc2)[C@H](OCc2ccccc2)[C@H]1OCc1ccccc1. The lowest BCUT2D eigenvalue weighted by Crippen LogP contribution is -2.69. The quantitative estimate of drug-likeness (QED) is 0.0129. The van der Waals surface area contributed by atoms with Crippen molar-refractivity contribution in [1.82, 2.24) is 0 Å². The van der Waals surface area contributed by atoms with E-state index in [1.54, 1.807) is 0 Å². The zero-order chi connectivity index (χ0) is 58.2. The highest BCUT2D eigenvalue weighted by atomic mass is 16.7. The fourth-order valence-electron chi connectivity index (χ4n) is 11.1. The maximum atomic E-state index is 14.3. The van der Waals surface area contributed by atoms with Gasteiger partial charge in [0.15, 0.2) is 12.4 Å². The zero-order valence-corrected chi connectivity index (χ0v) is 48.9. The number of hydrogen-bond acceptors (Lipinski definition) is 12. The molecule has 8 rings (SSSR count). The van der Waals surface area contributed by atoms with Gasteiger partial charge in [-0.25, -0.2) is 0 Å². The van der Waals surface area contributed by atoms with Gasteiger partial charge in [0.25, 0.3) is 0 Å². The number of carbonyl (C=O) groups excluding carboxylic acids is 1. The number of carbonyl (C=O) groups is 1. The van der Waals surface area contributed by atoms with Crippen LogP contribution in [0.5, 0.6) is 0 Å². The van der Waals surface area contributed by atoms with Crippen molar-refractivity contribution in [3.8, 4) is 0 Å². The molecule has 2 aliphatic rings. The Morgan fingerprint density at radius 3 is 1.20 bits per heavy atom. The average Bonchev–Trinajstić information content (AvgIpc) is 3.37. The Morgan fingerprint density at radius 2 is 0.798 bits per heavy atom. The summed E-state index contributed by atoms with van der Waals surface area (Å²) in [6, 6.07) is 57.2. The number of aliphatic hydroxyl groups excluding tert-OH is 1. The number of aliphatic hydroxyl groups is 1. The predicted molar refractivity (Wildman–Crippen MR) is 324 cm³/mol. The number of benzene rings is 6. The van der Waals surface area contributed by atoms with Crippen molar-refractivity contribution < 1.29 is 52.5 Å². The van der Waals surface area contributed by atoms with Crippen molar-refractivity contribution in [1.29, 1.82) is 0 Å². The molecule has 1 aliphatic carbocycles. The van der Waals surface area contributed by atoms with Gasteiger partial charge in [0.1, 0.15) is 54.9 Å². The van der Waals surface area contributed by atoms with Crippen LogP contribution in [0.4, 0.5) is 0 Å². The van der Waals surface area contributed by atoms with Crippen LogP contribution < -0.4 is 0 Å². The lowest BCUT2D eigenvalue weighted by Gasteiger charge is -2.50. The van der Waals surface area contributed by atoms with E-state index in [-0.39, 0.29) is 52.7 Å². The maximum absolute atomic E-state index is 14.3. The summed E-state index contributed by atoms with van der Waals surface area (Å²) in [5, 5.41) is 17.6. The predicted octanol–water partition coefficient (Wildman–Crippen LogP) is 14.7. The Balaban J connectivity index is 1.12. The van der Waals surface area contributed by atoms with Crippen LogP contribution in [0, 0.1) is 0 Å². The highest BCUT2D eigenvalue weighted by Gasteiger charge is 2.58. The smallest absolute Gasteiger partial charge is 0.306 e. The summed E-state index contributed by atoms with van der Waals surface area (Å²) >= 11 is 0. The molecule has 0 unspecified atom stereocenters. The highest BCUT2D eigenvalue weighted by molar-refractivity contribution is 5.69. The molecule has 11 atom stereocenters. The normalized spacial score (nSPS) is 23.1. The molecule has 0 amide bonds. The Bertz CT molecular complexity index is 2750. The van der Waals surface area contributed by atoms with E-state index in [1.807, 2.05) is 182 Å². The molecular formula is C70H87N3O11.